The van der Waals surface area contributed by atoms with Crippen molar-refractivity contribution in [2.24, 2.45) is 0 Å². The number of carbonyl (C=O) groups is 1. The SMILES string of the molecule is C[C@@H](C(=O)N1CCC(n2cccc2)CC1)S(C)(=O)=O. The Morgan fingerprint density at radius 2 is 1.74 bits per heavy atom. The predicted molar refractivity (Wildman–Crippen MR) is 73.6 cm³/mol. The van der Waals surface area contributed by atoms with E-state index in [2.05, 4.69) is 4.57 Å². The van der Waals surface area contributed by atoms with E-state index in [1.54, 1.807) is 4.90 Å². The van der Waals surface area contributed by atoms with E-state index in [1.807, 2.05) is 24.5 Å². The van der Waals surface area contributed by atoms with Crippen LogP contribution in [0.5, 0.6) is 0 Å². The summed E-state index contributed by atoms with van der Waals surface area (Å²) in [6, 6.07) is 4.39. The second-order valence-corrected chi connectivity index (χ2v) is 7.52. The zero-order valence-electron chi connectivity index (χ0n) is 11.3. The summed E-state index contributed by atoms with van der Waals surface area (Å²) in [6.07, 6.45) is 6.92. The van der Waals surface area contributed by atoms with E-state index in [9.17, 15) is 13.2 Å². The van der Waals surface area contributed by atoms with Crippen LogP contribution < -0.4 is 0 Å². The van der Waals surface area contributed by atoms with Crippen molar-refractivity contribution in [1.82, 2.24) is 9.47 Å². The molecule has 1 aromatic heterocycles. The lowest BCUT2D eigenvalue weighted by Gasteiger charge is -2.33. The van der Waals surface area contributed by atoms with E-state index in [0.717, 1.165) is 19.1 Å². The molecule has 2 heterocycles. The highest BCUT2D eigenvalue weighted by atomic mass is 32.2. The molecule has 1 aliphatic heterocycles. The molecule has 1 aliphatic rings. The molecule has 0 unspecified atom stereocenters. The topological polar surface area (TPSA) is 59.4 Å². The second-order valence-electron chi connectivity index (χ2n) is 5.16. The molecule has 0 saturated carbocycles. The average molecular weight is 284 g/mol. The lowest BCUT2D eigenvalue weighted by Crippen LogP contribution is -2.45. The maximum absolute atomic E-state index is 12.1. The van der Waals surface area contributed by atoms with Gasteiger partial charge in [-0.15, -0.1) is 0 Å². The Morgan fingerprint density at radius 1 is 1.21 bits per heavy atom. The summed E-state index contributed by atoms with van der Waals surface area (Å²) in [5.74, 6) is -0.270. The van der Waals surface area contributed by atoms with Crippen molar-refractivity contribution in [1.29, 1.82) is 0 Å². The van der Waals surface area contributed by atoms with Gasteiger partial charge in [0.25, 0.3) is 0 Å². The minimum absolute atomic E-state index is 0.270. The van der Waals surface area contributed by atoms with Crippen LogP contribution in [0.15, 0.2) is 24.5 Å². The van der Waals surface area contributed by atoms with Crippen LogP contribution in [0.3, 0.4) is 0 Å². The lowest BCUT2D eigenvalue weighted by molar-refractivity contribution is -0.131. The Morgan fingerprint density at radius 3 is 2.21 bits per heavy atom. The number of aromatic nitrogens is 1. The smallest absolute Gasteiger partial charge is 0.240 e. The molecule has 1 atom stereocenters. The van der Waals surface area contributed by atoms with Gasteiger partial charge >= 0.3 is 0 Å². The number of hydrogen-bond acceptors (Lipinski definition) is 3. The number of hydrogen-bond donors (Lipinski definition) is 0. The zero-order chi connectivity index (χ0) is 14.0. The van der Waals surface area contributed by atoms with Crippen LogP contribution >= 0.6 is 0 Å². The molecule has 0 aromatic carbocycles. The van der Waals surface area contributed by atoms with Crippen LogP contribution in [0.4, 0.5) is 0 Å². The number of piperidine rings is 1. The van der Waals surface area contributed by atoms with E-state index >= 15 is 0 Å². The third kappa shape index (κ3) is 3.18. The van der Waals surface area contributed by atoms with Crippen molar-refractivity contribution >= 4 is 15.7 Å². The van der Waals surface area contributed by atoms with Gasteiger partial charge in [-0.05, 0) is 31.9 Å². The van der Waals surface area contributed by atoms with Gasteiger partial charge in [-0.3, -0.25) is 4.79 Å². The first-order valence-electron chi connectivity index (χ1n) is 6.49. The van der Waals surface area contributed by atoms with E-state index in [4.69, 9.17) is 0 Å². The summed E-state index contributed by atoms with van der Waals surface area (Å²) in [6.45, 7) is 2.72. The Balaban J connectivity index is 1.95. The molecule has 1 saturated heterocycles. The van der Waals surface area contributed by atoms with Gasteiger partial charge < -0.3 is 9.47 Å². The van der Waals surface area contributed by atoms with E-state index in [-0.39, 0.29) is 5.91 Å². The molecule has 0 spiro atoms. The average Bonchev–Trinajstić information content (AvgIpc) is 2.90. The summed E-state index contributed by atoms with van der Waals surface area (Å²) < 4.78 is 25.0. The van der Waals surface area contributed by atoms with Crippen LogP contribution in [0.1, 0.15) is 25.8 Å². The molecule has 5 nitrogen and oxygen atoms in total. The summed E-state index contributed by atoms with van der Waals surface area (Å²) in [7, 11) is -3.30. The van der Waals surface area contributed by atoms with Gasteiger partial charge in [-0.25, -0.2) is 8.42 Å². The van der Waals surface area contributed by atoms with Crippen molar-refractivity contribution < 1.29 is 13.2 Å². The van der Waals surface area contributed by atoms with Crippen molar-refractivity contribution in [3.05, 3.63) is 24.5 Å². The minimum Gasteiger partial charge on any atom is -0.351 e. The largest absolute Gasteiger partial charge is 0.351 e. The Labute approximate surface area is 114 Å². The van der Waals surface area contributed by atoms with Gasteiger partial charge in [0, 0.05) is 37.8 Å². The van der Waals surface area contributed by atoms with Crippen molar-refractivity contribution in [3.8, 4) is 0 Å². The summed E-state index contributed by atoms with van der Waals surface area (Å²) >= 11 is 0. The molecule has 0 radical (unpaired) electrons. The van der Waals surface area contributed by atoms with Crippen LogP contribution in [-0.4, -0.2) is 48.4 Å². The zero-order valence-corrected chi connectivity index (χ0v) is 12.1. The monoisotopic (exact) mass is 284 g/mol. The molecule has 106 valence electrons. The van der Waals surface area contributed by atoms with Gasteiger partial charge in [-0.2, -0.15) is 0 Å². The highest BCUT2D eigenvalue weighted by molar-refractivity contribution is 7.92. The Bertz CT molecular complexity index is 528. The number of likely N-dealkylation sites (tertiary alicyclic amines) is 1. The Kier molecular flexibility index (Phi) is 3.99. The molecule has 2 rings (SSSR count). The first-order chi connectivity index (χ1) is 8.89. The summed E-state index contributed by atoms with van der Waals surface area (Å²) in [5, 5.41) is -0.935. The maximum Gasteiger partial charge on any atom is 0.240 e. The summed E-state index contributed by atoms with van der Waals surface area (Å²) in [5.41, 5.74) is 0. The molecule has 0 bridgehead atoms. The van der Waals surface area contributed by atoms with Crippen LogP contribution in [0.25, 0.3) is 0 Å². The van der Waals surface area contributed by atoms with Crippen molar-refractivity contribution in [2.75, 3.05) is 19.3 Å². The van der Waals surface area contributed by atoms with Gasteiger partial charge in [0.15, 0.2) is 9.84 Å². The van der Waals surface area contributed by atoms with Crippen LogP contribution in [0.2, 0.25) is 0 Å². The third-order valence-corrected chi connectivity index (χ3v) is 5.30. The van der Waals surface area contributed by atoms with E-state index in [1.165, 1.54) is 6.92 Å². The highest BCUT2D eigenvalue weighted by Gasteiger charge is 2.31. The molecular weight excluding hydrogens is 264 g/mol. The van der Waals surface area contributed by atoms with Crippen molar-refractivity contribution in [3.63, 3.8) is 0 Å². The quantitative estimate of drug-likeness (QED) is 0.834. The molecular formula is C13H20N2O3S. The van der Waals surface area contributed by atoms with Crippen LogP contribution in [-0.2, 0) is 14.6 Å². The molecule has 6 heteroatoms. The molecule has 1 aromatic rings. The van der Waals surface area contributed by atoms with Gasteiger partial charge in [0.2, 0.25) is 5.91 Å². The fourth-order valence-electron chi connectivity index (χ4n) is 2.42. The molecule has 0 N–H and O–H groups in total. The second kappa shape index (κ2) is 5.36. The maximum atomic E-state index is 12.1. The van der Waals surface area contributed by atoms with Crippen LogP contribution in [0, 0.1) is 0 Å². The van der Waals surface area contributed by atoms with Gasteiger partial charge in [0.05, 0.1) is 0 Å². The van der Waals surface area contributed by atoms with E-state index < -0.39 is 15.1 Å². The van der Waals surface area contributed by atoms with Crippen molar-refractivity contribution in [2.45, 2.75) is 31.1 Å². The Hall–Kier alpha value is -1.30. The molecule has 0 aliphatic carbocycles. The number of amides is 1. The third-order valence-electron chi connectivity index (χ3n) is 3.82. The van der Waals surface area contributed by atoms with Gasteiger partial charge in [-0.1, -0.05) is 0 Å². The van der Waals surface area contributed by atoms with E-state index in [0.29, 0.717) is 19.1 Å². The lowest BCUT2D eigenvalue weighted by atomic mass is 10.0. The molecule has 1 fully saturated rings. The molecule has 19 heavy (non-hydrogen) atoms. The number of nitrogens with zero attached hydrogens (tertiary/aromatic N) is 2. The highest BCUT2D eigenvalue weighted by Crippen LogP contribution is 2.23. The number of sulfone groups is 1. The minimum atomic E-state index is -3.30. The fraction of sp³-hybridized carbons (Fsp3) is 0.615. The first kappa shape index (κ1) is 14.1. The van der Waals surface area contributed by atoms with Gasteiger partial charge in [0.1, 0.15) is 5.25 Å². The normalized spacial score (nSPS) is 19.4. The first-order valence-corrected chi connectivity index (χ1v) is 8.45. The molecule has 1 amide bonds. The standard InChI is InChI=1S/C13H20N2O3S/c1-11(19(2,17)18)13(16)15-9-5-12(6-10-15)14-7-3-4-8-14/h3-4,7-8,11-12H,5-6,9-10H2,1-2H3/t11-/m0/s1. The fourth-order valence-corrected chi connectivity index (χ4v) is 2.93. The number of rotatable bonds is 3. The summed E-state index contributed by atoms with van der Waals surface area (Å²) in [4.78, 5) is 13.8. The number of carbonyl (C=O) groups excluding carboxylic acids is 1. The predicted octanol–water partition coefficient (Wildman–Crippen LogP) is 1.08.